The maximum absolute atomic E-state index is 12.4. The smallest absolute Gasteiger partial charge is 0.357 e. The summed E-state index contributed by atoms with van der Waals surface area (Å²) >= 11 is 0. The second-order valence-corrected chi connectivity index (χ2v) is 5.31. The number of carboxylic acids is 1. The minimum atomic E-state index is -1.12. The number of oxazole rings is 1. The number of amides is 1. The molecule has 21 heavy (non-hydrogen) atoms. The summed E-state index contributed by atoms with van der Waals surface area (Å²) in [5.74, 6) is -1.02. The second-order valence-electron chi connectivity index (χ2n) is 5.31. The molecule has 114 valence electrons. The van der Waals surface area contributed by atoms with Crippen LogP contribution in [0.5, 0.6) is 0 Å². The quantitative estimate of drug-likeness (QED) is 0.794. The Kier molecular flexibility index (Phi) is 3.78. The van der Waals surface area contributed by atoms with Crippen LogP contribution in [0.3, 0.4) is 0 Å². The Morgan fingerprint density at radius 1 is 1.33 bits per heavy atom. The van der Waals surface area contributed by atoms with Crippen molar-refractivity contribution in [1.29, 1.82) is 0 Å². The first-order valence-corrected chi connectivity index (χ1v) is 7.11. The molecule has 1 aromatic rings. The predicted molar refractivity (Wildman–Crippen MR) is 73.3 cm³/mol. The van der Waals surface area contributed by atoms with Gasteiger partial charge in [-0.15, -0.1) is 0 Å². The van der Waals surface area contributed by atoms with Gasteiger partial charge in [0.2, 0.25) is 5.91 Å². The van der Waals surface area contributed by atoms with E-state index in [1.54, 1.807) is 0 Å². The number of likely N-dealkylation sites (tertiary alicyclic amines) is 1. The topological polar surface area (TPSA) is 98.9 Å². The van der Waals surface area contributed by atoms with Gasteiger partial charge >= 0.3 is 5.97 Å². The van der Waals surface area contributed by atoms with E-state index in [9.17, 15) is 9.59 Å². The van der Waals surface area contributed by atoms with E-state index in [1.165, 1.54) is 0 Å². The molecule has 0 aliphatic carbocycles. The van der Waals surface area contributed by atoms with Gasteiger partial charge in [0, 0.05) is 32.7 Å². The third-order valence-electron chi connectivity index (χ3n) is 3.87. The van der Waals surface area contributed by atoms with Crippen molar-refractivity contribution in [2.45, 2.75) is 18.9 Å². The van der Waals surface area contributed by atoms with Crippen LogP contribution in [0.4, 0.5) is 6.01 Å². The van der Waals surface area contributed by atoms with Crippen LogP contribution >= 0.6 is 0 Å². The molecule has 2 fully saturated rings. The highest BCUT2D eigenvalue weighted by atomic mass is 16.4. The van der Waals surface area contributed by atoms with Crippen LogP contribution in [0.15, 0.2) is 10.7 Å². The molecule has 0 spiro atoms. The molecule has 2 aliphatic heterocycles. The van der Waals surface area contributed by atoms with Gasteiger partial charge < -0.3 is 24.6 Å². The number of hydrogen-bond donors (Lipinski definition) is 2. The molecule has 3 rings (SSSR count). The molecule has 2 saturated heterocycles. The van der Waals surface area contributed by atoms with E-state index in [0.29, 0.717) is 19.6 Å². The Morgan fingerprint density at radius 2 is 2.10 bits per heavy atom. The van der Waals surface area contributed by atoms with Gasteiger partial charge in [-0.1, -0.05) is 0 Å². The molecule has 8 nitrogen and oxygen atoms in total. The number of carbonyl (C=O) groups is 2. The SMILES string of the molecule is O=C(O)c1coc(N2CCN[C@@H](C(=O)N3CCCC3)C2)n1. The van der Waals surface area contributed by atoms with Crippen molar-refractivity contribution in [3.63, 3.8) is 0 Å². The van der Waals surface area contributed by atoms with Crippen molar-refractivity contribution in [2.24, 2.45) is 0 Å². The van der Waals surface area contributed by atoms with Crippen LogP contribution in [-0.2, 0) is 4.79 Å². The first-order chi connectivity index (χ1) is 10.1. The Morgan fingerprint density at radius 3 is 2.76 bits per heavy atom. The molecule has 2 N–H and O–H groups in total. The molecule has 2 aliphatic rings. The number of piperazine rings is 1. The Labute approximate surface area is 121 Å². The zero-order valence-corrected chi connectivity index (χ0v) is 11.6. The van der Waals surface area contributed by atoms with Gasteiger partial charge in [-0.25, -0.2) is 4.79 Å². The maximum Gasteiger partial charge on any atom is 0.357 e. The molecule has 1 amide bonds. The lowest BCUT2D eigenvalue weighted by Crippen LogP contribution is -2.57. The summed E-state index contributed by atoms with van der Waals surface area (Å²) in [6, 6.07) is -0.0369. The van der Waals surface area contributed by atoms with Gasteiger partial charge in [0.1, 0.15) is 12.3 Å². The third kappa shape index (κ3) is 2.85. The van der Waals surface area contributed by atoms with Crippen LogP contribution in [0.2, 0.25) is 0 Å². The van der Waals surface area contributed by atoms with Gasteiger partial charge in [-0.2, -0.15) is 4.98 Å². The summed E-state index contributed by atoms with van der Waals surface area (Å²) in [6.07, 6.45) is 3.24. The summed E-state index contributed by atoms with van der Waals surface area (Å²) in [7, 11) is 0. The molecule has 0 aromatic carbocycles. The zero-order valence-electron chi connectivity index (χ0n) is 11.6. The molecular weight excluding hydrogens is 276 g/mol. The minimum Gasteiger partial charge on any atom is -0.476 e. The normalized spacial score (nSPS) is 22.6. The molecule has 0 unspecified atom stereocenters. The minimum absolute atomic E-state index is 0.0993. The van der Waals surface area contributed by atoms with E-state index in [0.717, 1.165) is 32.2 Å². The number of anilines is 1. The number of rotatable bonds is 3. The van der Waals surface area contributed by atoms with Crippen molar-refractivity contribution in [1.82, 2.24) is 15.2 Å². The summed E-state index contributed by atoms with van der Waals surface area (Å²) in [5, 5.41) is 12.1. The van der Waals surface area contributed by atoms with E-state index in [2.05, 4.69) is 10.3 Å². The van der Waals surface area contributed by atoms with Crippen LogP contribution in [0.1, 0.15) is 23.3 Å². The fourth-order valence-electron chi connectivity index (χ4n) is 2.75. The van der Waals surface area contributed by atoms with E-state index >= 15 is 0 Å². The van der Waals surface area contributed by atoms with Crippen LogP contribution < -0.4 is 10.2 Å². The highest BCUT2D eigenvalue weighted by molar-refractivity contribution is 5.85. The first-order valence-electron chi connectivity index (χ1n) is 7.11. The van der Waals surface area contributed by atoms with Crippen molar-refractivity contribution in [3.8, 4) is 0 Å². The molecule has 0 saturated carbocycles. The molecule has 1 aromatic heterocycles. The Balaban J connectivity index is 1.67. The Hall–Kier alpha value is -2.09. The van der Waals surface area contributed by atoms with Crippen LogP contribution in [0.25, 0.3) is 0 Å². The van der Waals surface area contributed by atoms with Gasteiger partial charge in [-0.05, 0) is 12.8 Å². The van der Waals surface area contributed by atoms with Crippen molar-refractivity contribution < 1.29 is 19.1 Å². The summed E-state index contributed by atoms with van der Waals surface area (Å²) in [5.41, 5.74) is -0.119. The molecule has 0 bridgehead atoms. The standard InChI is InChI=1S/C13H18N4O4/c18-11(16-4-1-2-5-16)9-7-17(6-3-14-9)13-15-10(8-21-13)12(19)20/h8-9,14H,1-7H2,(H,19,20)/t9-/m1/s1. The molecule has 1 atom stereocenters. The second kappa shape index (κ2) is 5.72. The summed E-state index contributed by atoms with van der Waals surface area (Å²) < 4.78 is 5.20. The van der Waals surface area contributed by atoms with Crippen molar-refractivity contribution in [3.05, 3.63) is 12.0 Å². The van der Waals surface area contributed by atoms with Gasteiger partial charge in [0.15, 0.2) is 5.69 Å². The van der Waals surface area contributed by atoms with Gasteiger partial charge in [-0.3, -0.25) is 4.79 Å². The van der Waals surface area contributed by atoms with Gasteiger partial charge in [0.05, 0.1) is 0 Å². The fraction of sp³-hybridized carbons (Fsp3) is 0.615. The predicted octanol–water partition coefficient (Wildman–Crippen LogP) is -0.227. The number of carboxylic acid groups (broad SMARTS) is 1. The Bertz CT molecular complexity index is 538. The fourth-order valence-corrected chi connectivity index (χ4v) is 2.75. The maximum atomic E-state index is 12.4. The lowest BCUT2D eigenvalue weighted by Gasteiger charge is -2.33. The number of hydrogen-bond acceptors (Lipinski definition) is 6. The van der Waals surface area contributed by atoms with E-state index in [4.69, 9.17) is 9.52 Å². The lowest BCUT2D eigenvalue weighted by atomic mass is 10.2. The summed E-state index contributed by atoms with van der Waals surface area (Å²) in [6.45, 7) is 3.34. The van der Waals surface area contributed by atoms with Crippen LogP contribution in [-0.4, -0.2) is 65.6 Å². The van der Waals surface area contributed by atoms with E-state index < -0.39 is 5.97 Å². The van der Waals surface area contributed by atoms with Gasteiger partial charge in [0.25, 0.3) is 6.01 Å². The lowest BCUT2D eigenvalue weighted by molar-refractivity contribution is -0.132. The average molecular weight is 294 g/mol. The molecular formula is C13H18N4O4. The third-order valence-corrected chi connectivity index (χ3v) is 3.87. The molecule has 3 heterocycles. The van der Waals surface area contributed by atoms with Crippen molar-refractivity contribution >= 4 is 17.9 Å². The number of carbonyl (C=O) groups excluding carboxylic acids is 1. The number of nitrogens with one attached hydrogen (secondary N) is 1. The number of aromatic nitrogens is 1. The monoisotopic (exact) mass is 294 g/mol. The average Bonchev–Trinajstić information content (AvgIpc) is 3.18. The number of aromatic carboxylic acids is 1. The molecule has 0 radical (unpaired) electrons. The highest BCUT2D eigenvalue weighted by Crippen LogP contribution is 2.17. The van der Waals surface area contributed by atoms with E-state index in [-0.39, 0.29) is 23.7 Å². The molecule has 8 heteroatoms. The zero-order chi connectivity index (χ0) is 14.8. The van der Waals surface area contributed by atoms with Crippen molar-refractivity contribution in [2.75, 3.05) is 37.6 Å². The number of nitrogens with zero attached hydrogens (tertiary/aromatic N) is 3. The largest absolute Gasteiger partial charge is 0.476 e. The summed E-state index contributed by atoms with van der Waals surface area (Å²) in [4.78, 5) is 30.8. The first kappa shape index (κ1) is 13.9. The van der Waals surface area contributed by atoms with Crippen LogP contribution in [0, 0.1) is 0 Å². The highest BCUT2D eigenvalue weighted by Gasteiger charge is 2.31. The van der Waals surface area contributed by atoms with E-state index in [1.807, 2.05) is 9.80 Å².